The average Bonchev–Trinajstić information content (AvgIpc) is 2.78. The van der Waals surface area contributed by atoms with Crippen molar-refractivity contribution in [3.8, 4) is 23.0 Å². The number of Topliss-reactive ketones (excluding diaryl/α,β-unsaturated/α-hetero) is 1. The molecule has 178 valence electrons. The van der Waals surface area contributed by atoms with Crippen LogP contribution in [0.5, 0.6) is 23.0 Å². The zero-order chi connectivity index (χ0) is 24.5. The number of anilines is 1. The minimum absolute atomic E-state index is 0.177. The fourth-order valence-electron chi connectivity index (χ4n) is 2.84. The third-order valence-electron chi connectivity index (χ3n) is 4.27. The summed E-state index contributed by atoms with van der Waals surface area (Å²) < 4.78 is 21.7. The van der Waals surface area contributed by atoms with Crippen LogP contribution in [0.25, 0.3) is 0 Å². The molecule has 2 aromatic carbocycles. The number of nitrogens with zero attached hydrogens (tertiary/aromatic N) is 2. The van der Waals surface area contributed by atoms with Gasteiger partial charge in [-0.15, -0.1) is 5.11 Å². The van der Waals surface area contributed by atoms with Crippen molar-refractivity contribution in [2.24, 2.45) is 10.2 Å². The van der Waals surface area contributed by atoms with Crippen LogP contribution >= 0.6 is 23.2 Å². The molecule has 0 aliphatic heterocycles. The highest BCUT2D eigenvalue weighted by atomic mass is 35.5. The normalized spacial score (nSPS) is 11.7. The number of amides is 1. The highest BCUT2D eigenvalue weighted by Gasteiger charge is 2.26. The second-order valence-electron chi connectivity index (χ2n) is 6.47. The smallest absolute Gasteiger partial charge is 0.258 e. The molecule has 2 rings (SSSR count). The first-order valence-electron chi connectivity index (χ1n) is 9.99. The van der Waals surface area contributed by atoms with Gasteiger partial charge in [0.25, 0.3) is 5.91 Å². The lowest BCUT2D eigenvalue weighted by Crippen LogP contribution is -2.32. The van der Waals surface area contributed by atoms with Crippen LogP contribution in [0.1, 0.15) is 20.8 Å². The van der Waals surface area contributed by atoms with Crippen LogP contribution in [0.4, 0.5) is 11.4 Å². The number of azo groups is 1. The molecule has 1 amide bonds. The summed E-state index contributed by atoms with van der Waals surface area (Å²) in [5, 5.41) is 11.3. The first kappa shape index (κ1) is 26.2. The van der Waals surface area contributed by atoms with Crippen LogP contribution in [0.3, 0.4) is 0 Å². The topological polar surface area (TPSA) is 108 Å². The van der Waals surface area contributed by atoms with E-state index < -0.39 is 17.7 Å². The molecule has 0 saturated heterocycles. The average molecular weight is 498 g/mol. The van der Waals surface area contributed by atoms with Crippen molar-refractivity contribution in [3.05, 3.63) is 34.3 Å². The highest BCUT2D eigenvalue weighted by Crippen LogP contribution is 2.43. The van der Waals surface area contributed by atoms with Crippen LogP contribution in [-0.2, 0) is 9.59 Å². The molecule has 0 aliphatic rings. The van der Waals surface area contributed by atoms with Gasteiger partial charge >= 0.3 is 0 Å². The molecule has 0 heterocycles. The van der Waals surface area contributed by atoms with E-state index >= 15 is 0 Å². The van der Waals surface area contributed by atoms with E-state index in [4.69, 9.17) is 42.1 Å². The van der Waals surface area contributed by atoms with Gasteiger partial charge in [0.05, 0.1) is 43.2 Å². The number of carbonyl (C=O) groups excluding carboxylic acids is 2. The van der Waals surface area contributed by atoms with Crippen molar-refractivity contribution in [2.45, 2.75) is 26.8 Å². The Morgan fingerprint density at radius 1 is 0.939 bits per heavy atom. The van der Waals surface area contributed by atoms with E-state index in [1.54, 1.807) is 26.0 Å². The number of halogens is 2. The number of rotatable bonds is 11. The largest absolute Gasteiger partial charge is 0.491 e. The van der Waals surface area contributed by atoms with E-state index in [1.807, 2.05) is 0 Å². The van der Waals surface area contributed by atoms with Crippen LogP contribution in [0, 0.1) is 0 Å². The lowest BCUT2D eigenvalue weighted by molar-refractivity contribution is -0.126. The van der Waals surface area contributed by atoms with Gasteiger partial charge in [-0.3, -0.25) is 9.59 Å². The predicted octanol–water partition coefficient (Wildman–Crippen LogP) is 5.49. The van der Waals surface area contributed by atoms with Crippen molar-refractivity contribution < 1.29 is 28.5 Å². The number of hydrogen-bond donors (Lipinski definition) is 1. The molecule has 0 bridgehead atoms. The third kappa shape index (κ3) is 6.27. The molecule has 11 heteroatoms. The molecule has 0 radical (unpaired) electrons. The number of carbonyl (C=O) groups is 2. The molecule has 2 aromatic rings. The lowest BCUT2D eigenvalue weighted by Gasteiger charge is -2.16. The van der Waals surface area contributed by atoms with E-state index in [1.165, 1.54) is 33.3 Å². The molecular formula is C22H25Cl2N3O6. The fourth-order valence-corrected chi connectivity index (χ4v) is 3.27. The summed E-state index contributed by atoms with van der Waals surface area (Å²) in [6.45, 7) is 5.48. The van der Waals surface area contributed by atoms with Gasteiger partial charge in [0.1, 0.15) is 0 Å². The van der Waals surface area contributed by atoms with Gasteiger partial charge in [0.2, 0.25) is 6.04 Å². The van der Waals surface area contributed by atoms with Gasteiger partial charge in [0, 0.05) is 0 Å². The van der Waals surface area contributed by atoms with Gasteiger partial charge in [0.15, 0.2) is 34.5 Å². The van der Waals surface area contributed by atoms with Crippen molar-refractivity contribution >= 4 is 46.3 Å². The van der Waals surface area contributed by atoms with Gasteiger partial charge in [-0.25, -0.2) is 0 Å². The molecule has 0 fully saturated rings. The summed E-state index contributed by atoms with van der Waals surface area (Å²) in [7, 11) is 2.81. The van der Waals surface area contributed by atoms with Crippen LogP contribution in [0.2, 0.25) is 10.0 Å². The molecule has 1 N–H and O–H groups in total. The summed E-state index contributed by atoms with van der Waals surface area (Å²) in [5.41, 5.74) is 0.425. The zero-order valence-electron chi connectivity index (χ0n) is 18.9. The molecule has 9 nitrogen and oxygen atoms in total. The SMILES string of the molecule is CCOc1ccc(Cl)c(OCC)c1N=NC(C(C)=O)C(=O)Nc1ccc(Cl)c(OC)c1OC. The number of methoxy groups -OCH3 is 2. The minimum Gasteiger partial charge on any atom is -0.491 e. The maximum atomic E-state index is 12.9. The second kappa shape index (κ2) is 12.3. The summed E-state index contributed by atoms with van der Waals surface area (Å²) in [5.74, 6) is -0.244. The highest BCUT2D eigenvalue weighted by molar-refractivity contribution is 6.33. The second-order valence-corrected chi connectivity index (χ2v) is 7.28. The lowest BCUT2D eigenvalue weighted by atomic mass is 10.2. The van der Waals surface area contributed by atoms with E-state index in [9.17, 15) is 9.59 Å². The number of ketones is 1. The van der Waals surface area contributed by atoms with Gasteiger partial charge in [-0.2, -0.15) is 5.11 Å². The van der Waals surface area contributed by atoms with Gasteiger partial charge in [-0.1, -0.05) is 23.2 Å². The molecule has 1 atom stereocenters. The molecule has 1 unspecified atom stereocenters. The predicted molar refractivity (Wildman–Crippen MR) is 126 cm³/mol. The van der Waals surface area contributed by atoms with E-state index in [0.29, 0.717) is 24.0 Å². The molecule has 0 saturated carbocycles. The zero-order valence-corrected chi connectivity index (χ0v) is 20.4. The molecule has 0 aromatic heterocycles. The van der Waals surface area contributed by atoms with Crippen molar-refractivity contribution in [3.63, 3.8) is 0 Å². The maximum absolute atomic E-state index is 12.9. The first-order chi connectivity index (χ1) is 15.8. The quantitative estimate of drug-likeness (QED) is 0.324. The Balaban J connectivity index is 2.43. The Bertz CT molecular complexity index is 1050. The van der Waals surface area contributed by atoms with Crippen molar-refractivity contribution in [2.75, 3.05) is 32.8 Å². The van der Waals surface area contributed by atoms with Gasteiger partial charge in [-0.05, 0) is 45.0 Å². The Labute approximate surface area is 202 Å². The molecular weight excluding hydrogens is 473 g/mol. The van der Waals surface area contributed by atoms with E-state index in [-0.39, 0.29) is 33.6 Å². The Morgan fingerprint density at radius 3 is 2.12 bits per heavy atom. The number of hydrogen-bond acceptors (Lipinski definition) is 8. The fraction of sp³-hybridized carbons (Fsp3) is 0.364. The van der Waals surface area contributed by atoms with Crippen molar-refractivity contribution in [1.82, 2.24) is 0 Å². The third-order valence-corrected chi connectivity index (χ3v) is 4.87. The molecule has 0 aliphatic carbocycles. The number of ether oxygens (including phenoxy) is 4. The maximum Gasteiger partial charge on any atom is 0.258 e. The van der Waals surface area contributed by atoms with Gasteiger partial charge < -0.3 is 24.3 Å². The number of benzene rings is 2. The monoisotopic (exact) mass is 497 g/mol. The molecule has 33 heavy (non-hydrogen) atoms. The summed E-state index contributed by atoms with van der Waals surface area (Å²) in [6.07, 6.45) is 0. The Hall–Kier alpha value is -3.04. The standard InChI is InChI=1S/C22H25Cl2N3O6/c1-6-32-16-11-9-13(23)19(33-7-2)18(16)27-26-17(12(3)28)22(29)25-15-10-8-14(24)20(30-4)21(15)31-5/h8-11,17H,6-7H2,1-5H3,(H,25,29). The summed E-state index contributed by atoms with van der Waals surface area (Å²) in [4.78, 5) is 25.1. The van der Waals surface area contributed by atoms with E-state index in [2.05, 4.69) is 15.5 Å². The molecule has 0 spiro atoms. The van der Waals surface area contributed by atoms with Crippen LogP contribution < -0.4 is 24.3 Å². The minimum atomic E-state index is -1.46. The van der Waals surface area contributed by atoms with Crippen molar-refractivity contribution in [1.29, 1.82) is 0 Å². The Kier molecular flexibility index (Phi) is 9.74. The first-order valence-corrected chi connectivity index (χ1v) is 10.7. The number of nitrogens with one attached hydrogen (secondary N) is 1. The summed E-state index contributed by atoms with van der Waals surface area (Å²) >= 11 is 12.3. The van der Waals surface area contributed by atoms with E-state index in [0.717, 1.165) is 0 Å². The van der Waals surface area contributed by atoms with Crippen LogP contribution in [0.15, 0.2) is 34.5 Å². The summed E-state index contributed by atoms with van der Waals surface area (Å²) in [6, 6.07) is 4.80. The Morgan fingerprint density at radius 2 is 1.55 bits per heavy atom. The van der Waals surface area contributed by atoms with Crippen LogP contribution in [-0.4, -0.2) is 45.2 Å².